The van der Waals surface area contributed by atoms with Crippen molar-refractivity contribution < 1.29 is 14.7 Å². The summed E-state index contributed by atoms with van der Waals surface area (Å²) in [6, 6.07) is 12.7. The Morgan fingerprint density at radius 2 is 2.04 bits per heavy atom. The minimum Gasteiger partial charge on any atom is -0.478 e. The van der Waals surface area contributed by atoms with Gasteiger partial charge in [-0.05, 0) is 48.7 Å². The van der Waals surface area contributed by atoms with Crippen LogP contribution < -0.4 is 0 Å². The van der Waals surface area contributed by atoms with Crippen LogP contribution in [0.15, 0.2) is 48.0 Å². The van der Waals surface area contributed by atoms with E-state index in [1.165, 1.54) is 11.3 Å². The van der Waals surface area contributed by atoms with Crippen molar-refractivity contribution in [1.29, 1.82) is 0 Å². The molecule has 0 aliphatic carbocycles. The largest absolute Gasteiger partial charge is 0.478 e. The number of aromatic nitrogens is 1. The van der Waals surface area contributed by atoms with Gasteiger partial charge in [0.2, 0.25) is 0 Å². The second-order valence-electron chi connectivity index (χ2n) is 6.56. The number of piperidine rings is 1. The Hall–Kier alpha value is -2.73. The monoisotopic (exact) mass is 366 g/mol. The van der Waals surface area contributed by atoms with E-state index in [2.05, 4.69) is 4.98 Å². The summed E-state index contributed by atoms with van der Waals surface area (Å²) in [7, 11) is 0. The predicted molar refractivity (Wildman–Crippen MR) is 101 cm³/mol. The number of fused-ring (bicyclic) bond motifs is 1. The zero-order valence-corrected chi connectivity index (χ0v) is 14.9. The third-order valence-corrected chi connectivity index (χ3v) is 5.68. The topological polar surface area (TPSA) is 70.5 Å². The lowest BCUT2D eigenvalue weighted by Gasteiger charge is -2.33. The highest BCUT2D eigenvalue weighted by Gasteiger charge is 2.26. The smallest absolute Gasteiger partial charge is 0.335 e. The number of carboxylic acids is 1. The molecule has 1 atom stereocenters. The van der Waals surface area contributed by atoms with E-state index in [4.69, 9.17) is 0 Å². The minimum atomic E-state index is -0.923. The number of hydrogen-bond acceptors (Lipinski definition) is 4. The van der Waals surface area contributed by atoms with Crippen molar-refractivity contribution in [1.82, 2.24) is 9.88 Å². The van der Waals surface area contributed by atoms with Gasteiger partial charge in [0.1, 0.15) is 0 Å². The van der Waals surface area contributed by atoms with Crippen LogP contribution in [-0.2, 0) is 0 Å². The Bertz CT molecular complexity index is 982. The van der Waals surface area contributed by atoms with Crippen molar-refractivity contribution in [2.45, 2.75) is 18.8 Å². The summed E-state index contributed by atoms with van der Waals surface area (Å²) in [5.74, 6) is -0.730. The summed E-state index contributed by atoms with van der Waals surface area (Å²) < 4.78 is 1.01. The summed E-state index contributed by atoms with van der Waals surface area (Å²) in [5.41, 5.74) is 4.66. The van der Waals surface area contributed by atoms with Gasteiger partial charge in [0.05, 0.1) is 21.3 Å². The molecular formula is C20H18N2O3S. The minimum absolute atomic E-state index is 0.0272. The maximum absolute atomic E-state index is 12.9. The lowest BCUT2D eigenvalue weighted by Crippen LogP contribution is -2.39. The molecule has 3 aromatic rings. The lowest BCUT2D eigenvalue weighted by atomic mass is 9.89. The Morgan fingerprint density at radius 3 is 2.88 bits per heavy atom. The molecule has 1 fully saturated rings. The molecule has 1 aromatic heterocycles. The van der Waals surface area contributed by atoms with Crippen LogP contribution in [0.5, 0.6) is 0 Å². The Kier molecular flexibility index (Phi) is 4.42. The molecule has 0 radical (unpaired) electrons. The highest BCUT2D eigenvalue weighted by atomic mass is 32.1. The van der Waals surface area contributed by atoms with E-state index in [0.29, 0.717) is 17.7 Å². The molecular weight excluding hydrogens is 348 g/mol. The number of carboxylic acid groups (broad SMARTS) is 1. The SMILES string of the molecule is O=C(O)c1cccc(C2CCCN(C(=O)c3ccc4ncsc4c3)C2)c1. The fourth-order valence-corrected chi connectivity index (χ4v) is 4.25. The van der Waals surface area contributed by atoms with Crippen LogP contribution in [0.2, 0.25) is 0 Å². The Labute approximate surface area is 154 Å². The zero-order chi connectivity index (χ0) is 18.1. The second-order valence-corrected chi connectivity index (χ2v) is 7.44. The van der Waals surface area contributed by atoms with Gasteiger partial charge in [-0.25, -0.2) is 9.78 Å². The zero-order valence-electron chi connectivity index (χ0n) is 14.1. The third kappa shape index (κ3) is 3.20. The summed E-state index contributed by atoms with van der Waals surface area (Å²) in [4.78, 5) is 30.3. The molecule has 2 heterocycles. The molecule has 0 spiro atoms. The molecule has 132 valence electrons. The van der Waals surface area contributed by atoms with Crippen LogP contribution in [-0.4, -0.2) is 40.0 Å². The molecule has 4 rings (SSSR count). The first-order chi connectivity index (χ1) is 12.6. The number of likely N-dealkylation sites (tertiary alicyclic amines) is 1. The number of benzene rings is 2. The van der Waals surface area contributed by atoms with Crippen molar-refractivity contribution in [3.05, 3.63) is 64.7 Å². The number of nitrogens with zero attached hydrogens (tertiary/aromatic N) is 2. The average molecular weight is 366 g/mol. The molecule has 2 aromatic carbocycles. The number of thiazole rings is 1. The van der Waals surface area contributed by atoms with Crippen molar-refractivity contribution in [3.8, 4) is 0 Å². The van der Waals surface area contributed by atoms with Gasteiger partial charge in [-0.3, -0.25) is 4.79 Å². The van der Waals surface area contributed by atoms with Crippen LogP contribution in [0, 0.1) is 0 Å². The van der Waals surface area contributed by atoms with E-state index in [-0.39, 0.29) is 11.8 Å². The van der Waals surface area contributed by atoms with Gasteiger partial charge in [-0.2, -0.15) is 0 Å². The molecule has 1 unspecified atom stereocenters. The normalized spacial score (nSPS) is 17.4. The van der Waals surface area contributed by atoms with Crippen LogP contribution in [0.3, 0.4) is 0 Å². The van der Waals surface area contributed by atoms with Crippen LogP contribution in [0.1, 0.15) is 45.0 Å². The van der Waals surface area contributed by atoms with Gasteiger partial charge in [0, 0.05) is 24.6 Å². The number of rotatable bonds is 3. The number of amides is 1. The van der Waals surface area contributed by atoms with E-state index in [1.54, 1.807) is 23.7 Å². The Balaban J connectivity index is 1.55. The quantitative estimate of drug-likeness (QED) is 0.760. The average Bonchev–Trinajstić information content (AvgIpc) is 3.15. The van der Waals surface area contributed by atoms with Crippen LogP contribution in [0.25, 0.3) is 10.2 Å². The number of carbonyl (C=O) groups is 2. The van der Waals surface area contributed by atoms with Crippen molar-refractivity contribution in [2.75, 3.05) is 13.1 Å². The molecule has 0 bridgehead atoms. The molecule has 1 N–H and O–H groups in total. The first-order valence-electron chi connectivity index (χ1n) is 8.57. The fraction of sp³-hybridized carbons (Fsp3) is 0.250. The van der Waals surface area contributed by atoms with Crippen LogP contribution in [0.4, 0.5) is 0 Å². The fourth-order valence-electron chi connectivity index (χ4n) is 3.53. The third-order valence-electron chi connectivity index (χ3n) is 4.89. The van der Waals surface area contributed by atoms with Crippen molar-refractivity contribution >= 4 is 33.4 Å². The molecule has 1 amide bonds. The highest BCUT2D eigenvalue weighted by Crippen LogP contribution is 2.29. The summed E-state index contributed by atoms with van der Waals surface area (Å²) in [6.07, 6.45) is 1.87. The molecule has 1 aliphatic heterocycles. The van der Waals surface area contributed by atoms with Gasteiger partial charge in [0.15, 0.2) is 0 Å². The van der Waals surface area contributed by atoms with Gasteiger partial charge in [0.25, 0.3) is 5.91 Å². The summed E-state index contributed by atoms with van der Waals surface area (Å²) >= 11 is 1.53. The molecule has 5 nitrogen and oxygen atoms in total. The van der Waals surface area contributed by atoms with Gasteiger partial charge < -0.3 is 10.0 Å². The van der Waals surface area contributed by atoms with Crippen LogP contribution >= 0.6 is 11.3 Å². The number of hydrogen-bond donors (Lipinski definition) is 1. The molecule has 26 heavy (non-hydrogen) atoms. The first-order valence-corrected chi connectivity index (χ1v) is 9.45. The molecule has 6 heteroatoms. The van der Waals surface area contributed by atoms with Gasteiger partial charge >= 0.3 is 5.97 Å². The molecule has 1 aliphatic rings. The second kappa shape index (κ2) is 6.88. The van der Waals surface area contributed by atoms with E-state index in [0.717, 1.165) is 35.2 Å². The van der Waals surface area contributed by atoms with Gasteiger partial charge in [-0.15, -0.1) is 11.3 Å². The van der Waals surface area contributed by atoms with E-state index < -0.39 is 5.97 Å². The lowest BCUT2D eigenvalue weighted by molar-refractivity contribution is 0.0688. The standard InChI is InChI=1S/C20H18N2O3S/c23-19(14-6-7-17-18(10-14)26-12-21-17)22-8-2-5-16(11-22)13-3-1-4-15(9-13)20(24)25/h1,3-4,6-7,9-10,12,16H,2,5,8,11H2,(H,24,25). The maximum atomic E-state index is 12.9. The Morgan fingerprint density at radius 1 is 1.15 bits per heavy atom. The summed E-state index contributed by atoms with van der Waals surface area (Å²) in [6.45, 7) is 1.34. The van der Waals surface area contributed by atoms with E-state index in [1.807, 2.05) is 29.2 Å². The molecule has 1 saturated heterocycles. The first kappa shape index (κ1) is 16.7. The summed E-state index contributed by atoms with van der Waals surface area (Å²) in [5, 5.41) is 9.20. The number of carbonyl (C=O) groups excluding carboxylic acids is 1. The van der Waals surface area contributed by atoms with Gasteiger partial charge in [-0.1, -0.05) is 12.1 Å². The van der Waals surface area contributed by atoms with E-state index >= 15 is 0 Å². The van der Waals surface area contributed by atoms with Crippen molar-refractivity contribution in [3.63, 3.8) is 0 Å². The van der Waals surface area contributed by atoms with Crippen molar-refractivity contribution in [2.24, 2.45) is 0 Å². The van der Waals surface area contributed by atoms with E-state index in [9.17, 15) is 14.7 Å². The predicted octanol–water partition coefficient (Wildman–Crippen LogP) is 4.01. The highest BCUT2D eigenvalue weighted by molar-refractivity contribution is 7.16. The number of aromatic carboxylic acids is 1. The maximum Gasteiger partial charge on any atom is 0.335 e. The molecule has 0 saturated carbocycles.